The largest absolute Gasteiger partial charge is 0.482 e. The summed E-state index contributed by atoms with van der Waals surface area (Å²) in [6.45, 7) is 9.52. The number of carbonyl (C=O) groups excluding carboxylic acids is 1. The number of hydrogen-bond donors (Lipinski definition) is 0. The fraction of sp³-hybridized carbons (Fsp3) is 0.441. The average molecular weight is 628 g/mol. The number of nitriles is 1. The fourth-order valence-corrected chi connectivity index (χ4v) is 6.84. The molecule has 3 aromatic heterocycles. The number of anilines is 1. The summed E-state index contributed by atoms with van der Waals surface area (Å²) >= 11 is 0. The Hall–Kier alpha value is -4.47. The van der Waals surface area contributed by atoms with Gasteiger partial charge < -0.3 is 9.47 Å². The first-order chi connectivity index (χ1) is 22.2. The molecule has 2 saturated heterocycles. The summed E-state index contributed by atoms with van der Waals surface area (Å²) in [6.07, 6.45) is 4.28. The smallest absolute Gasteiger partial charge is 0.265 e. The summed E-state index contributed by atoms with van der Waals surface area (Å²) in [6, 6.07) is 9.17. The van der Waals surface area contributed by atoms with Gasteiger partial charge in [0.25, 0.3) is 5.91 Å². The van der Waals surface area contributed by atoms with Crippen LogP contribution in [0.1, 0.15) is 50.2 Å². The lowest BCUT2D eigenvalue weighted by Crippen LogP contribution is -2.54. The SMILES string of the molecule is CC(C)Cc1nc2c(cnn2[C@@H]2CCN(C3COC3)C[C@H]2C)c(-c2ccc3c(c2)OCC(=O)N3Cc2ncc(F)cc2F)c1C#N. The number of fused-ring (bicyclic) bond motifs is 2. The van der Waals surface area contributed by atoms with E-state index in [2.05, 4.69) is 36.7 Å². The predicted octanol–water partition coefficient (Wildman–Crippen LogP) is 5.05. The third-order valence-corrected chi connectivity index (χ3v) is 9.26. The zero-order valence-electron chi connectivity index (χ0n) is 26.0. The maximum absolute atomic E-state index is 14.5. The molecule has 3 aliphatic rings. The van der Waals surface area contributed by atoms with Crippen LogP contribution in [0.4, 0.5) is 14.5 Å². The quantitative estimate of drug-likeness (QED) is 0.280. The van der Waals surface area contributed by atoms with Crippen molar-refractivity contribution >= 4 is 22.6 Å². The number of nitrogens with zero attached hydrogens (tertiary/aromatic N) is 7. The first-order valence-corrected chi connectivity index (χ1v) is 15.7. The molecule has 6 heterocycles. The number of rotatable bonds is 7. The molecule has 3 aliphatic heterocycles. The van der Waals surface area contributed by atoms with Crippen molar-refractivity contribution in [1.29, 1.82) is 5.26 Å². The first kappa shape index (κ1) is 30.2. The van der Waals surface area contributed by atoms with Gasteiger partial charge in [-0.2, -0.15) is 10.4 Å². The molecule has 0 spiro atoms. The molecule has 238 valence electrons. The van der Waals surface area contributed by atoms with Crippen LogP contribution in [0.15, 0.2) is 36.7 Å². The summed E-state index contributed by atoms with van der Waals surface area (Å²) in [5.41, 5.74) is 3.76. The van der Waals surface area contributed by atoms with Crippen molar-refractivity contribution in [3.05, 3.63) is 65.2 Å². The van der Waals surface area contributed by atoms with Crippen molar-refractivity contribution in [2.45, 2.75) is 52.2 Å². The number of likely N-dealkylation sites (tertiary alicyclic amines) is 1. The molecule has 0 aliphatic carbocycles. The zero-order chi connectivity index (χ0) is 32.1. The molecule has 1 aromatic carbocycles. The Morgan fingerprint density at radius 2 is 1.98 bits per heavy atom. The van der Waals surface area contributed by atoms with Gasteiger partial charge in [-0.25, -0.2) is 18.4 Å². The zero-order valence-corrected chi connectivity index (χ0v) is 26.0. The summed E-state index contributed by atoms with van der Waals surface area (Å²) < 4.78 is 41.3. The van der Waals surface area contributed by atoms with Gasteiger partial charge in [-0.1, -0.05) is 26.8 Å². The number of piperidine rings is 1. The van der Waals surface area contributed by atoms with Crippen molar-refractivity contribution in [2.24, 2.45) is 11.8 Å². The highest BCUT2D eigenvalue weighted by Crippen LogP contribution is 2.42. The van der Waals surface area contributed by atoms with Gasteiger partial charge in [0.15, 0.2) is 12.3 Å². The minimum atomic E-state index is -0.831. The maximum Gasteiger partial charge on any atom is 0.265 e. The van der Waals surface area contributed by atoms with Crippen molar-refractivity contribution < 1.29 is 23.0 Å². The summed E-state index contributed by atoms with van der Waals surface area (Å²) in [5.74, 6) is -0.983. The van der Waals surface area contributed by atoms with Gasteiger partial charge in [-0.15, -0.1) is 0 Å². The van der Waals surface area contributed by atoms with Crippen LogP contribution in [0.25, 0.3) is 22.2 Å². The van der Waals surface area contributed by atoms with E-state index in [0.717, 1.165) is 61.6 Å². The molecule has 0 radical (unpaired) electrons. The van der Waals surface area contributed by atoms with Crippen molar-refractivity contribution in [3.63, 3.8) is 0 Å². The topological polar surface area (TPSA) is 109 Å². The Bertz CT molecular complexity index is 1870. The molecule has 10 nitrogen and oxygen atoms in total. The van der Waals surface area contributed by atoms with Crippen LogP contribution in [0.5, 0.6) is 5.75 Å². The number of pyridine rings is 2. The Morgan fingerprint density at radius 1 is 1.15 bits per heavy atom. The second-order valence-electron chi connectivity index (χ2n) is 12.9. The fourth-order valence-electron chi connectivity index (χ4n) is 6.84. The Kier molecular flexibility index (Phi) is 7.90. The van der Waals surface area contributed by atoms with Crippen LogP contribution in [0.3, 0.4) is 0 Å². The number of hydrogen-bond acceptors (Lipinski definition) is 8. The van der Waals surface area contributed by atoms with Crippen LogP contribution in [-0.4, -0.2) is 69.5 Å². The van der Waals surface area contributed by atoms with Crippen LogP contribution in [-0.2, 0) is 22.5 Å². The highest BCUT2D eigenvalue weighted by atomic mass is 19.1. The van der Waals surface area contributed by atoms with Crippen LogP contribution < -0.4 is 9.64 Å². The highest BCUT2D eigenvalue weighted by Gasteiger charge is 2.36. The molecule has 1 amide bonds. The number of aromatic nitrogens is 4. The second kappa shape index (κ2) is 12.0. The van der Waals surface area contributed by atoms with E-state index in [1.165, 1.54) is 4.90 Å². The molecule has 2 fully saturated rings. The van der Waals surface area contributed by atoms with E-state index in [9.17, 15) is 18.8 Å². The Morgan fingerprint density at radius 3 is 2.67 bits per heavy atom. The van der Waals surface area contributed by atoms with Gasteiger partial charge in [0.05, 0.1) is 66.9 Å². The van der Waals surface area contributed by atoms with E-state index in [1.54, 1.807) is 18.3 Å². The molecule has 4 aromatic rings. The summed E-state index contributed by atoms with van der Waals surface area (Å²) in [7, 11) is 0. The van der Waals surface area contributed by atoms with Gasteiger partial charge >= 0.3 is 0 Å². The average Bonchev–Trinajstić information content (AvgIpc) is 3.40. The molecule has 0 saturated carbocycles. The van der Waals surface area contributed by atoms with Crippen LogP contribution >= 0.6 is 0 Å². The minimum absolute atomic E-state index is 0.0545. The summed E-state index contributed by atoms with van der Waals surface area (Å²) in [4.78, 5) is 25.7. The van der Waals surface area contributed by atoms with Crippen molar-refractivity contribution in [2.75, 3.05) is 37.8 Å². The maximum atomic E-state index is 14.5. The van der Waals surface area contributed by atoms with Crippen molar-refractivity contribution in [1.82, 2.24) is 24.6 Å². The molecular formula is C34H35F2N7O3. The molecule has 0 N–H and O–H groups in total. The lowest BCUT2D eigenvalue weighted by Gasteiger charge is -2.44. The van der Waals surface area contributed by atoms with Gasteiger partial charge in [0.2, 0.25) is 0 Å². The van der Waals surface area contributed by atoms with E-state index in [-0.39, 0.29) is 36.7 Å². The third-order valence-electron chi connectivity index (χ3n) is 9.26. The lowest BCUT2D eigenvalue weighted by atomic mass is 9.91. The third kappa shape index (κ3) is 5.37. The van der Waals surface area contributed by atoms with Gasteiger partial charge in [-0.05, 0) is 42.4 Å². The molecule has 46 heavy (non-hydrogen) atoms. The highest BCUT2D eigenvalue weighted by molar-refractivity contribution is 6.00. The standard InChI is InChI=1S/C34H35F2N7O3/c1-19(2)8-27-24(11-37)33(25-13-39-43(34(25)40-27)29-6-7-41(14-20(29)3)23-16-45-17-23)21-4-5-30-31(9-21)46-18-32(44)42(30)15-28-26(36)10-22(35)12-38-28/h4-5,9-10,12-13,19-20,23,29H,6-8,14-18H2,1-3H3/t20-,29-/m1/s1. The van der Waals surface area contributed by atoms with Crippen LogP contribution in [0, 0.1) is 34.8 Å². The van der Waals surface area contributed by atoms with E-state index in [4.69, 9.17) is 19.6 Å². The minimum Gasteiger partial charge on any atom is -0.482 e. The predicted molar refractivity (Wildman–Crippen MR) is 166 cm³/mol. The number of benzene rings is 1. The van der Waals surface area contributed by atoms with E-state index in [1.807, 2.05) is 10.7 Å². The van der Waals surface area contributed by atoms with Crippen LogP contribution in [0.2, 0.25) is 0 Å². The Labute approximate surface area is 265 Å². The van der Waals surface area contributed by atoms with E-state index >= 15 is 0 Å². The number of amides is 1. The van der Waals surface area contributed by atoms with E-state index < -0.39 is 11.6 Å². The molecule has 0 bridgehead atoms. The lowest BCUT2D eigenvalue weighted by molar-refractivity contribution is -0.121. The molecule has 2 atom stereocenters. The number of halogens is 2. The van der Waals surface area contributed by atoms with Crippen molar-refractivity contribution in [3.8, 4) is 22.9 Å². The number of ether oxygens (including phenoxy) is 2. The van der Waals surface area contributed by atoms with E-state index in [0.29, 0.717) is 46.6 Å². The molecule has 12 heteroatoms. The molecular weight excluding hydrogens is 592 g/mol. The number of carbonyl (C=O) groups is 1. The van der Waals surface area contributed by atoms with Gasteiger partial charge in [0.1, 0.15) is 23.5 Å². The molecule has 7 rings (SSSR count). The van der Waals surface area contributed by atoms with Gasteiger partial charge in [-0.3, -0.25) is 19.6 Å². The Balaban J connectivity index is 1.29. The summed E-state index contributed by atoms with van der Waals surface area (Å²) in [5, 5.41) is 16.1. The second-order valence-corrected chi connectivity index (χ2v) is 12.9. The normalized spacial score (nSPS) is 20.5. The monoisotopic (exact) mass is 627 g/mol. The van der Waals surface area contributed by atoms with Gasteiger partial charge in [0, 0.05) is 30.1 Å². The molecule has 0 unspecified atom stereocenters. The first-order valence-electron chi connectivity index (χ1n) is 15.7.